The number of hydrogen-bond donors (Lipinski definition) is 1. The lowest BCUT2D eigenvalue weighted by Gasteiger charge is -2.25. The van der Waals surface area contributed by atoms with Gasteiger partial charge in [0.15, 0.2) is 0 Å². The van der Waals surface area contributed by atoms with Crippen molar-refractivity contribution in [2.24, 2.45) is 0 Å². The Labute approximate surface area is 101 Å². The van der Waals surface area contributed by atoms with E-state index in [1.165, 1.54) is 12.1 Å². The van der Waals surface area contributed by atoms with E-state index in [-0.39, 0.29) is 11.9 Å². The third-order valence-electron chi connectivity index (χ3n) is 3.05. The van der Waals surface area contributed by atoms with Gasteiger partial charge in [-0.2, -0.15) is 5.26 Å². The molecule has 2 rings (SSSR count). The number of hydrogen-bond acceptors (Lipinski definition) is 3. The van der Waals surface area contributed by atoms with Gasteiger partial charge in [-0.1, -0.05) is 12.1 Å². The molecule has 1 aliphatic rings. The monoisotopic (exact) mass is 233 g/mol. The van der Waals surface area contributed by atoms with Gasteiger partial charge < -0.3 is 5.32 Å². The number of rotatable bonds is 2. The second-order valence-electron chi connectivity index (χ2n) is 4.22. The second-order valence-corrected chi connectivity index (χ2v) is 4.22. The smallest absolute Gasteiger partial charge is 0.123 e. The third-order valence-corrected chi connectivity index (χ3v) is 3.05. The number of nitrogens with zero attached hydrogens (tertiary/aromatic N) is 2. The van der Waals surface area contributed by atoms with Crippen molar-refractivity contribution >= 4 is 0 Å². The van der Waals surface area contributed by atoms with Gasteiger partial charge in [-0.25, -0.2) is 4.39 Å². The summed E-state index contributed by atoms with van der Waals surface area (Å²) in [4.78, 5) is 2.15. The molecule has 1 aliphatic heterocycles. The van der Waals surface area contributed by atoms with E-state index in [2.05, 4.69) is 16.3 Å². The molecule has 3 nitrogen and oxygen atoms in total. The normalized spacial score (nSPS) is 19.3. The lowest BCUT2D eigenvalue weighted by molar-refractivity contribution is 0.252. The molecule has 1 heterocycles. The zero-order chi connectivity index (χ0) is 12.1. The molecule has 90 valence electrons. The van der Waals surface area contributed by atoms with Crippen LogP contribution in [0.5, 0.6) is 0 Å². The molecule has 1 N–H and O–H groups in total. The Morgan fingerprint density at radius 1 is 1.24 bits per heavy atom. The average Bonchev–Trinajstić information content (AvgIpc) is 2.62. The van der Waals surface area contributed by atoms with E-state index < -0.39 is 0 Å². The van der Waals surface area contributed by atoms with E-state index in [0.717, 1.165) is 38.2 Å². The van der Waals surface area contributed by atoms with Gasteiger partial charge in [-0.15, -0.1) is 0 Å². The first-order valence-electron chi connectivity index (χ1n) is 5.91. The number of benzene rings is 1. The van der Waals surface area contributed by atoms with Crippen LogP contribution in [0.3, 0.4) is 0 Å². The van der Waals surface area contributed by atoms with Crippen LogP contribution in [0.1, 0.15) is 18.0 Å². The van der Waals surface area contributed by atoms with Crippen LogP contribution in [0.2, 0.25) is 0 Å². The van der Waals surface area contributed by atoms with Crippen molar-refractivity contribution in [2.75, 3.05) is 26.2 Å². The molecule has 0 aromatic heterocycles. The van der Waals surface area contributed by atoms with Crippen LogP contribution in [-0.2, 0) is 0 Å². The Balaban J connectivity index is 2.15. The summed E-state index contributed by atoms with van der Waals surface area (Å²) < 4.78 is 12.9. The quantitative estimate of drug-likeness (QED) is 0.844. The van der Waals surface area contributed by atoms with Crippen molar-refractivity contribution in [1.82, 2.24) is 10.2 Å². The molecule has 1 aromatic carbocycles. The van der Waals surface area contributed by atoms with Gasteiger partial charge in [0.05, 0.1) is 6.07 Å². The molecule has 0 spiro atoms. The first-order valence-corrected chi connectivity index (χ1v) is 5.91. The average molecular weight is 233 g/mol. The van der Waals surface area contributed by atoms with Gasteiger partial charge in [0.2, 0.25) is 0 Å². The number of halogens is 1. The largest absolute Gasteiger partial charge is 0.315 e. The van der Waals surface area contributed by atoms with Crippen molar-refractivity contribution in [3.05, 3.63) is 35.6 Å². The van der Waals surface area contributed by atoms with E-state index >= 15 is 0 Å². The van der Waals surface area contributed by atoms with E-state index in [9.17, 15) is 9.65 Å². The van der Waals surface area contributed by atoms with Crippen LogP contribution in [-0.4, -0.2) is 31.1 Å². The molecular formula is C13H16FN3. The second kappa shape index (κ2) is 5.76. The molecular weight excluding hydrogens is 217 g/mol. The minimum absolute atomic E-state index is 0.261. The molecule has 0 aliphatic carbocycles. The molecule has 0 radical (unpaired) electrons. The standard InChI is InChI=1S/C13H16FN3/c14-12-4-2-11(3-5-12)13(10-15)17-8-1-6-16-7-9-17/h2-5,13,16H,1,6-9H2. The topological polar surface area (TPSA) is 39.1 Å². The van der Waals surface area contributed by atoms with Gasteiger partial charge in [-0.05, 0) is 30.7 Å². The molecule has 1 atom stereocenters. The fourth-order valence-corrected chi connectivity index (χ4v) is 2.14. The Bertz CT molecular complexity index is 388. The van der Waals surface area contributed by atoms with Gasteiger partial charge in [0.1, 0.15) is 11.9 Å². The molecule has 1 fully saturated rings. The molecule has 1 saturated heterocycles. The van der Waals surface area contributed by atoms with Gasteiger partial charge in [-0.3, -0.25) is 4.90 Å². The van der Waals surface area contributed by atoms with Gasteiger partial charge in [0.25, 0.3) is 0 Å². The predicted octanol–water partition coefficient (Wildman–Crippen LogP) is 1.69. The zero-order valence-electron chi connectivity index (χ0n) is 9.69. The highest BCUT2D eigenvalue weighted by Gasteiger charge is 2.20. The lowest BCUT2D eigenvalue weighted by atomic mass is 10.1. The predicted molar refractivity (Wildman–Crippen MR) is 63.8 cm³/mol. The Hall–Kier alpha value is -1.44. The number of nitriles is 1. The lowest BCUT2D eigenvalue weighted by Crippen LogP contribution is -2.31. The van der Waals surface area contributed by atoms with E-state index in [4.69, 9.17) is 0 Å². The first kappa shape index (κ1) is 12.0. The molecule has 4 heteroatoms. The summed E-state index contributed by atoms with van der Waals surface area (Å²) in [7, 11) is 0. The summed E-state index contributed by atoms with van der Waals surface area (Å²) in [5.41, 5.74) is 0.871. The summed E-state index contributed by atoms with van der Waals surface area (Å²) >= 11 is 0. The summed E-state index contributed by atoms with van der Waals surface area (Å²) in [5, 5.41) is 12.6. The summed E-state index contributed by atoms with van der Waals surface area (Å²) in [6.45, 7) is 3.66. The van der Waals surface area contributed by atoms with E-state index in [0.29, 0.717) is 0 Å². The molecule has 1 aromatic rings. The van der Waals surface area contributed by atoms with Gasteiger partial charge >= 0.3 is 0 Å². The minimum atomic E-state index is -0.268. The molecule has 17 heavy (non-hydrogen) atoms. The third kappa shape index (κ3) is 3.02. The Kier molecular flexibility index (Phi) is 4.08. The van der Waals surface area contributed by atoms with E-state index in [1.54, 1.807) is 12.1 Å². The van der Waals surface area contributed by atoms with Crippen molar-refractivity contribution < 1.29 is 4.39 Å². The first-order chi connectivity index (χ1) is 8.31. The molecule has 0 amide bonds. The fourth-order valence-electron chi connectivity index (χ4n) is 2.14. The van der Waals surface area contributed by atoms with Crippen LogP contribution in [0.4, 0.5) is 4.39 Å². The molecule has 0 bridgehead atoms. The van der Waals surface area contributed by atoms with Gasteiger partial charge in [0, 0.05) is 19.6 Å². The highest BCUT2D eigenvalue weighted by molar-refractivity contribution is 5.24. The van der Waals surface area contributed by atoms with Crippen LogP contribution >= 0.6 is 0 Å². The fraction of sp³-hybridized carbons (Fsp3) is 0.462. The van der Waals surface area contributed by atoms with Crippen molar-refractivity contribution in [2.45, 2.75) is 12.5 Å². The van der Waals surface area contributed by atoms with Crippen molar-refractivity contribution in [3.63, 3.8) is 0 Å². The number of nitrogens with one attached hydrogen (secondary N) is 1. The molecule has 0 saturated carbocycles. The summed E-state index contributed by atoms with van der Waals surface area (Å²) in [6, 6.07) is 8.26. The summed E-state index contributed by atoms with van der Waals surface area (Å²) in [6.07, 6.45) is 1.04. The van der Waals surface area contributed by atoms with Crippen LogP contribution in [0, 0.1) is 17.1 Å². The van der Waals surface area contributed by atoms with Crippen molar-refractivity contribution in [3.8, 4) is 6.07 Å². The van der Waals surface area contributed by atoms with Crippen LogP contribution in [0.15, 0.2) is 24.3 Å². The summed E-state index contributed by atoms with van der Waals surface area (Å²) in [5.74, 6) is -0.261. The minimum Gasteiger partial charge on any atom is -0.315 e. The highest BCUT2D eigenvalue weighted by atomic mass is 19.1. The van der Waals surface area contributed by atoms with Crippen molar-refractivity contribution in [1.29, 1.82) is 5.26 Å². The SMILES string of the molecule is N#CC(c1ccc(F)cc1)N1CCCNCC1. The zero-order valence-corrected chi connectivity index (χ0v) is 9.69. The molecule has 1 unspecified atom stereocenters. The maximum Gasteiger partial charge on any atom is 0.123 e. The maximum atomic E-state index is 12.9. The van der Waals surface area contributed by atoms with Crippen LogP contribution < -0.4 is 5.32 Å². The Morgan fingerprint density at radius 3 is 2.71 bits per heavy atom. The Morgan fingerprint density at radius 2 is 2.00 bits per heavy atom. The van der Waals surface area contributed by atoms with Crippen LogP contribution in [0.25, 0.3) is 0 Å². The van der Waals surface area contributed by atoms with E-state index in [1.807, 2.05) is 0 Å². The maximum absolute atomic E-state index is 12.9. The highest BCUT2D eigenvalue weighted by Crippen LogP contribution is 2.20.